The minimum atomic E-state index is -3.61. The highest BCUT2D eigenvalue weighted by molar-refractivity contribution is 7.89. The molecule has 1 aliphatic carbocycles. The normalized spacial score (nSPS) is 16.1. The van der Waals surface area contributed by atoms with Crippen LogP contribution in [0.3, 0.4) is 0 Å². The van der Waals surface area contributed by atoms with E-state index in [4.69, 9.17) is 4.74 Å². The Hall–Kier alpha value is -2.46. The summed E-state index contributed by atoms with van der Waals surface area (Å²) < 4.78 is 30.2. The highest BCUT2D eigenvalue weighted by Crippen LogP contribution is 2.17. The molecule has 1 saturated carbocycles. The fourth-order valence-electron chi connectivity index (χ4n) is 2.94. The lowest BCUT2D eigenvalue weighted by atomic mass is 9.96. The molecule has 1 atom stereocenters. The molecule has 1 aromatic rings. The van der Waals surface area contributed by atoms with E-state index in [9.17, 15) is 22.8 Å². The van der Waals surface area contributed by atoms with Gasteiger partial charge in [-0.15, -0.1) is 0 Å². The average molecular weight is 426 g/mol. The molecule has 0 saturated heterocycles. The highest BCUT2D eigenvalue weighted by Gasteiger charge is 2.23. The predicted molar refractivity (Wildman–Crippen MR) is 106 cm³/mol. The number of benzene rings is 1. The van der Waals surface area contributed by atoms with Crippen molar-refractivity contribution in [1.29, 1.82) is 0 Å². The third kappa shape index (κ3) is 6.26. The maximum atomic E-state index is 12.2. The van der Waals surface area contributed by atoms with Crippen LogP contribution in [0.2, 0.25) is 0 Å². The molecule has 3 amide bonds. The van der Waals surface area contributed by atoms with Crippen LogP contribution >= 0.6 is 0 Å². The van der Waals surface area contributed by atoms with Gasteiger partial charge in [0.2, 0.25) is 10.0 Å². The van der Waals surface area contributed by atoms with E-state index in [1.165, 1.54) is 45.3 Å². The second-order valence-electron chi connectivity index (χ2n) is 7.16. The third-order valence-corrected chi connectivity index (χ3v) is 6.53. The Morgan fingerprint density at radius 3 is 2.21 bits per heavy atom. The molecule has 0 spiro atoms. The van der Waals surface area contributed by atoms with Gasteiger partial charge in [-0.3, -0.25) is 10.1 Å². The molecule has 2 rings (SSSR count). The summed E-state index contributed by atoms with van der Waals surface area (Å²) in [5.41, 5.74) is 0.0917. The number of hydrogen-bond acceptors (Lipinski definition) is 6. The number of nitrogens with zero attached hydrogens (tertiary/aromatic N) is 1. The minimum absolute atomic E-state index is 0.0317. The summed E-state index contributed by atoms with van der Waals surface area (Å²) >= 11 is 0. The highest BCUT2D eigenvalue weighted by atomic mass is 32.2. The molecule has 2 N–H and O–H groups in total. The maximum Gasteiger partial charge on any atom is 0.338 e. The first-order valence-corrected chi connectivity index (χ1v) is 10.9. The Balaban J connectivity index is 1.88. The van der Waals surface area contributed by atoms with Gasteiger partial charge in [0.05, 0.1) is 10.5 Å². The van der Waals surface area contributed by atoms with Crippen LogP contribution in [0.25, 0.3) is 0 Å². The van der Waals surface area contributed by atoms with Gasteiger partial charge in [0.15, 0.2) is 6.10 Å². The van der Waals surface area contributed by atoms with Gasteiger partial charge in [0, 0.05) is 20.1 Å². The second-order valence-corrected chi connectivity index (χ2v) is 9.31. The molecular weight excluding hydrogens is 398 g/mol. The van der Waals surface area contributed by atoms with Crippen LogP contribution in [0.1, 0.15) is 49.4 Å². The molecule has 1 aliphatic rings. The second kappa shape index (κ2) is 9.84. The molecule has 1 aromatic carbocycles. The Labute approximate surface area is 170 Å². The largest absolute Gasteiger partial charge is 0.449 e. The van der Waals surface area contributed by atoms with Crippen molar-refractivity contribution >= 4 is 27.9 Å². The SMILES string of the molecule is C[C@H](OC(=O)c1ccc(S(=O)(=O)N(C)C)cc1)C(=O)NC(=O)NC1CCCCC1. The van der Waals surface area contributed by atoms with Crippen molar-refractivity contribution in [1.82, 2.24) is 14.9 Å². The van der Waals surface area contributed by atoms with Crippen molar-refractivity contribution in [3.63, 3.8) is 0 Å². The molecule has 0 radical (unpaired) electrons. The molecule has 10 heteroatoms. The van der Waals surface area contributed by atoms with Crippen LogP contribution in [-0.4, -0.2) is 56.9 Å². The molecule has 29 heavy (non-hydrogen) atoms. The van der Waals surface area contributed by atoms with E-state index in [1.807, 2.05) is 0 Å². The van der Waals surface area contributed by atoms with Gasteiger partial charge in [-0.2, -0.15) is 0 Å². The Morgan fingerprint density at radius 1 is 1.07 bits per heavy atom. The van der Waals surface area contributed by atoms with Crippen molar-refractivity contribution < 1.29 is 27.5 Å². The number of hydrogen-bond donors (Lipinski definition) is 2. The number of ether oxygens (including phenoxy) is 1. The minimum Gasteiger partial charge on any atom is -0.449 e. The van der Waals surface area contributed by atoms with Gasteiger partial charge in [0.1, 0.15) is 0 Å². The van der Waals surface area contributed by atoms with E-state index in [1.54, 1.807) is 0 Å². The van der Waals surface area contributed by atoms with E-state index >= 15 is 0 Å². The molecule has 1 fully saturated rings. The standard InChI is InChI=1S/C19H27N3O6S/c1-13(17(23)21-19(25)20-15-7-5-4-6-8-15)28-18(24)14-9-11-16(12-10-14)29(26,27)22(2)3/h9-13,15H,4-8H2,1-3H3,(H2,20,21,23,25)/t13-/m0/s1. The van der Waals surface area contributed by atoms with Crippen molar-refractivity contribution in [2.75, 3.05) is 14.1 Å². The first-order chi connectivity index (χ1) is 13.6. The molecule has 160 valence electrons. The Bertz CT molecular complexity index is 845. The van der Waals surface area contributed by atoms with Gasteiger partial charge in [0.25, 0.3) is 5.91 Å². The summed E-state index contributed by atoms with van der Waals surface area (Å²) in [5, 5.41) is 4.92. The zero-order valence-electron chi connectivity index (χ0n) is 16.8. The van der Waals surface area contributed by atoms with E-state index in [2.05, 4.69) is 10.6 Å². The van der Waals surface area contributed by atoms with Crippen LogP contribution in [0.15, 0.2) is 29.2 Å². The zero-order valence-corrected chi connectivity index (χ0v) is 17.6. The van der Waals surface area contributed by atoms with Gasteiger partial charge >= 0.3 is 12.0 Å². The van der Waals surface area contributed by atoms with Gasteiger partial charge in [-0.1, -0.05) is 19.3 Å². The molecule has 0 aromatic heterocycles. The van der Waals surface area contributed by atoms with Crippen LogP contribution in [-0.2, 0) is 19.6 Å². The van der Waals surface area contributed by atoms with Gasteiger partial charge < -0.3 is 10.1 Å². The fourth-order valence-corrected chi connectivity index (χ4v) is 3.84. The van der Waals surface area contributed by atoms with Gasteiger partial charge in [-0.25, -0.2) is 22.3 Å². The Kier molecular flexibility index (Phi) is 7.74. The molecular formula is C19H27N3O6S. The van der Waals surface area contributed by atoms with Crippen LogP contribution in [0.5, 0.6) is 0 Å². The number of carbonyl (C=O) groups is 3. The van der Waals surface area contributed by atoms with Crippen molar-refractivity contribution in [3.8, 4) is 0 Å². The predicted octanol–water partition coefficient (Wildman–Crippen LogP) is 1.64. The first kappa shape index (κ1) is 22.8. The third-order valence-electron chi connectivity index (χ3n) is 4.70. The summed E-state index contributed by atoms with van der Waals surface area (Å²) in [7, 11) is -0.799. The van der Waals surface area contributed by atoms with E-state index in [0.29, 0.717) is 0 Å². The zero-order chi connectivity index (χ0) is 21.6. The summed E-state index contributed by atoms with van der Waals surface area (Å²) in [6.45, 7) is 1.35. The number of nitrogens with one attached hydrogen (secondary N) is 2. The fraction of sp³-hybridized carbons (Fsp3) is 0.526. The number of sulfonamides is 1. The number of urea groups is 1. The molecule has 0 unspecified atom stereocenters. The van der Waals surface area contributed by atoms with Crippen LogP contribution in [0.4, 0.5) is 4.79 Å². The van der Waals surface area contributed by atoms with Crippen LogP contribution in [0, 0.1) is 0 Å². The van der Waals surface area contributed by atoms with Gasteiger partial charge in [-0.05, 0) is 44.0 Å². The van der Waals surface area contributed by atoms with E-state index in [-0.39, 0.29) is 16.5 Å². The number of carbonyl (C=O) groups excluding carboxylic acids is 3. The summed E-state index contributed by atoms with van der Waals surface area (Å²) in [5.74, 6) is -1.53. The Morgan fingerprint density at radius 2 is 1.66 bits per heavy atom. The first-order valence-electron chi connectivity index (χ1n) is 9.46. The quantitative estimate of drug-likeness (QED) is 0.668. The summed E-state index contributed by atoms with van der Waals surface area (Å²) in [6, 6.07) is 4.62. The smallest absolute Gasteiger partial charge is 0.338 e. The van der Waals surface area contributed by atoms with Crippen molar-refractivity contribution in [2.45, 2.75) is 56.1 Å². The van der Waals surface area contributed by atoms with Crippen molar-refractivity contribution in [2.24, 2.45) is 0 Å². The summed E-state index contributed by atoms with van der Waals surface area (Å²) in [6.07, 6.45) is 3.80. The molecule has 0 aliphatic heterocycles. The lowest BCUT2D eigenvalue weighted by Gasteiger charge is -2.23. The molecule has 0 heterocycles. The topological polar surface area (TPSA) is 122 Å². The number of amides is 3. The van der Waals surface area contributed by atoms with E-state index < -0.39 is 34.0 Å². The van der Waals surface area contributed by atoms with Crippen LogP contribution < -0.4 is 10.6 Å². The molecule has 9 nitrogen and oxygen atoms in total. The maximum absolute atomic E-state index is 12.2. The number of rotatable bonds is 6. The number of imide groups is 1. The lowest BCUT2D eigenvalue weighted by molar-refractivity contribution is -0.127. The molecule has 0 bridgehead atoms. The lowest BCUT2D eigenvalue weighted by Crippen LogP contribution is -2.48. The monoisotopic (exact) mass is 425 g/mol. The van der Waals surface area contributed by atoms with Crippen molar-refractivity contribution in [3.05, 3.63) is 29.8 Å². The number of esters is 1. The van der Waals surface area contributed by atoms with E-state index in [0.717, 1.165) is 36.4 Å². The summed E-state index contributed by atoms with van der Waals surface area (Å²) in [4.78, 5) is 36.2. The average Bonchev–Trinajstić information content (AvgIpc) is 2.68.